The van der Waals surface area contributed by atoms with Gasteiger partial charge in [-0.25, -0.2) is 0 Å². The van der Waals surface area contributed by atoms with Crippen molar-refractivity contribution in [2.24, 2.45) is 11.1 Å². The van der Waals surface area contributed by atoms with Gasteiger partial charge in [-0.1, -0.05) is 20.8 Å². The van der Waals surface area contributed by atoms with Gasteiger partial charge in [0.25, 0.3) is 0 Å². The van der Waals surface area contributed by atoms with Crippen molar-refractivity contribution >= 4 is 30.7 Å². The number of amides is 1. The molecule has 0 radical (unpaired) electrons. The molecule has 2 fully saturated rings. The number of nitrogens with two attached hydrogens (primary N) is 1. The molecule has 0 bridgehead atoms. The smallest absolute Gasteiger partial charge is 0.239 e. The maximum atomic E-state index is 12.7. The fraction of sp³-hybridized carbons (Fsp3) is 0.938. The second kappa shape index (κ2) is 9.42. The van der Waals surface area contributed by atoms with Crippen molar-refractivity contribution in [2.45, 2.75) is 46.2 Å². The monoisotopic (exact) mass is 368 g/mol. The molecule has 2 unspecified atom stereocenters. The van der Waals surface area contributed by atoms with Gasteiger partial charge >= 0.3 is 0 Å². The standard InChI is InChI=1S/C16H32N4O.2ClH/c1-5-18-8-10-19(11-9-18)15(21)13(2)20-7-6-14(17)16(3,4)12-20;;/h13-14H,5-12,17H2,1-4H3;2*1H. The Hall–Kier alpha value is -0.0700. The summed E-state index contributed by atoms with van der Waals surface area (Å²) in [6, 6.07) is 0.217. The molecule has 1 amide bonds. The zero-order chi connectivity index (χ0) is 15.6. The lowest BCUT2D eigenvalue weighted by molar-refractivity contribution is -0.139. The first-order chi connectivity index (χ1) is 9.85. The highest BCUT2D eigenvalue weighted by Gasteiger charge is 2.37. The van der Waals surface area contributed by atoms with Crippen LogP contribution in [0.3, 0.4) is 0 Å². The summed E-state index contributed by atoms with van der Waals surface area (Å²) >= 11 is 0. The Morgan fingerprint density at radius 1 is 1.17 bits per heavy atom. The summed E-state index contributed by atoms with van der Waals surface area (Å²) in [5, 5.41) is 0. The van der Waals surface area contributed by atoms with Crippen molar-refractivity contribution in [3.05, 3.63) is 0 Å². The number of hydrogen-bond donors (Lipinski definition) is 1. The topological polar surface area (TPSA) is 52.8 Å². The average Bonchev–Trinajstić information content (AvgIpc) is 2.48. The number of rotatable bonds is 3. The van der Waals surface area contributed by atoms with E-state index < -0.39 is 0 Å². The molecule has 2 N–H and O–H groups in total. The fourth-order valence-electron chi connectivity index (χ4n) is 3.45. The van der Waals surface area contributed by atoms with Crippen LogP contribution in [0.5, 0.6) is 0 Å². The van der Waals surface area contributed by atoms with E-state index in [0.717, 1.165) is 52.2 Å². The van der Waals surface area contributed by atoms with Crippen LogP contribution in [0.4, 0.5) is 0 Å². The molecule has 0 aromatic rings. The number of carbonyl (C=O) groups excluding carboxylic acids is 1. The van der Waals surface area contributed by atoms with E-state index in [0.29, 0.717) is 0 Å². The van der Waals surface area contributed by atoms with Gasteiger partial charge in [0.1, 0.15) is 0 Å². The third-order valence-corrected chi connectivity index (χ3v) is 5.38. The molecule has 5 nitrogen and oxygen atoms in total. The summed E-state index contributed by atoms with van der Waals surface area (Å²) in [5.74, 6) is 0.289. The molecule has 2 aliphatic rings. The summed E-state index contributed by atoms with van der Waals surface area (Å²) in [6.07, 6.45) is 0.980. The minimum Gasteiger partial charge on any atom is -0.339 e. The van der Waals surface area contributed by atoms with Gasteiger partial charge in [-0.3, -0.25) is 9.69 Å². The van der Waals surface area contributed by atoms with Gasteiger partial charge in [0.15, 0.2) is 0 Å². The van der Waals surface area contributed by atoms with E-state index in [-0.39, 0.29) is 48.2 Å². The van der Waals surface area contributed by atoms with Crippen LogP contribution in [0, 0.1) is 5.41 Å². The van der Waals surface area contributed by atoms with Crippen molar-refractivity contribution in [1.82, 2.24) is 14.7 Å². The van der Waals surface area contributed by atoms with Crippen LogP contribution < -0.4 is 5.73 Å². The highest BCUT2D eigenvalue weighted by Crippen LogP contribution is 2.29. The molecule has 23 heavy (non-hydrogen) atoms. The molecule has 0 saturated carbocycles. The van der Waals surface area contributed by atoms with Crippen LogP contribution in [0.15, 0.2) is 0 Å². The van der Waals surface area contributed by atoms with Crippen molar-refractivity contribution < 1.29 is 4.79 Å². The van der Waals surface area contributed by atoms with E-state index in [9.17, 15) is 4.79 Å². The number of halogens is 2. The minimum atomic E-state index is -0.0232. The summed E-state index contributed by atoms with van der Waals surface area (Å²) in [6.45, 7) is 15.3. The molecule has 2 saturated heterocycles. The molecule has 0 aromatic carbocycles. The summed E-state index contributed by atoms with van der Waals surface area (Å²) in [4.78, 5) is 19.5. The van der Waals surface area contributed by atoms with Crippen LogP contribution >= 0.6 is 24.8 Å². The predicted octanol–water partition coefficient (Wildman–Crippen LogP) is 1.44. The van der Waals surface area contributed by atoms with Gasteiger partial charge in [0.2, 0.25) is 5.91 Å². The maximum Gasteiger partial charge on any atom is 0.239 e. The summed E-state index contributed by atoms with van der Waals surface area (Å²) < 4.78 is 0. The molecule has 0 aliphatic carbocycles. The number of piperidine rings is 1. The Labute approximate surface area is 153 Å². The Morgan fingerprint density at radius 3 is 2.22 bits per heavy atom. The van der Waals surface area contributed by atoms with Gasteiger partial charge in [-0.2, -0.15) is 0 Å². The number of hydrogen-bond acceptors (Lipinski definition) is 4. The van der Waals surface area contributed by atoms with E-state index in [2.05, 4.69) is 37.5 Å². The van der Waals surface area contributed by atoms with Crippen LogP contribution in [-0.4, -0.2) is 78.5 Å². The Kier molecular flexibility index (Phi) is 9.39. The van der Waals surface area contributed by atoms with E-state index in [1.165, 1.54) is 0 Å². The lowest BCUT2D eigenvalue weighted by Gasteiger charge is -2.45. The molecule has 7 heteroatoms. The highest BCUT2D eigenvalue weighted by molar-refractivity contribution is 5.85. The largest absolute Gasteiger partial charge is 0.339 e. The Bertz CT molecular complexity index is 373. The number of nitrogens with zero attached hydrogens (tertiary/aromatic N) is 3. The molecule has 0 spiro atoms. The number of likely N-dealkylation sites (tertiary alicyclic amines) is 1. The molecule has 2 atom stereocenters. The molecule has 2 rings (SSSR count). The molecular formula is C16H34Cl2N4O. The second-order valence-electron chi connectivity index (χ2n) is 7.29. The van der Waals surface area contributed by atoms with E-state index in [1.54, 1.807) is 0 Å². The van der Waals surface area contributed by atoms with Crippen molar-refractivity contribution in [3.63, 3.8) is 0 Å². The third kappa shape index (κ3) is 5.46. The molecule has 0 aromatic heterocycles. The SMILES string of the molecule is CCN1CCN(C(=O)C(C)N2CCC(N)C(C)(C)C2)CC1.Cl.Cl. The molecule has 2 heterocycles. The van der Waals surface area contributed by atoms with Crippen molar-refractivity contribution in [1.29, 1.82) is 0 Å². The lowest BCUT2D eigenvalue weighted by atomic mass is 9.79. The third-order valence-electron chi connectivity index (χ3n) is 5.38. The zero-order valence-electron chi connectivity index (χ0n) is 15.0. The van der Waals surface area contributed by atoms with Crippen LogP contribution in [0.25, 0.3) is 0 Å². The van der Waals surface area contributed by atoms with Gasteiger partial charge in [0, 0.05) is 45.3 Å². The minimum absolute atomic E-state index is 0. The van der Waals surface area contributed by atoms with Gasteiger partial charge in [-0.05, 0) is 25.3 Å². The van der Waals surface area contributed by atoms with Crippen molar-refractivity contribution in [3.8, 4) is 0 Å². The number of carbonyl (C=O) groups is 1. The number of piperazine rings is 1. The molecular weight excluding hydrogens is 335 g/mol. The first kappa shape index (κ1) is 22.9. The molecule has 138 valence electrons. The summed E-state index contributed by atoms with van der Waals surface area (Å²) in [5.41, 5.74) is 6.29. The van der Waals surface area contributed by atoms with Gasteiger partial charge in [0.05, 0.1) is 6.04 Å². The van der Waals surface area contributed by atoms with E-state index >= 15 is 0 Å². The first-order valence-corrected chi connectivity index (χ1v) is 8.36. The number of likely N-dealkylation sites (N-methyl/N-ethyl adjacent to an activating group) is 1. The van der Waals surface area contributed by atoms with Crippen LogP contribution in [-0.2, 0) is 4.79 Å². The van der Waals surface area contributed by atoms with Crippen LogP contribution in [0.1, 0.15) is 34.1 Å². The second-order valence-corrected chi connectivity index (χ2v) is 7.29. The van der Waals surface area contributed by atoms with Gasteiger partial charge in [-0.15, -0.1) is 24.8 Å². The highest BCUT2D eigenvalue weighted by atomic mass is 35.5. The van der Waals surface area contributed by atoms with Gasteiger partial charge < -0.3 is 15.5 Å². The quantitative estimate of drug-likeness (QED) is 0.818. The van der Waals surface area contributed by atoms with Crippen molar-refractivity contribution in [2.75, 3.05) is 45.8 Å². The zero-order valence-corrected chi connectivity index (χ0v) is 16.6. The first-order valence-electron chi connectivity index (χ1n) is 8.36. The normalized spacial score (nSPS) is 26.8. The van der Waals surface area contributed by atoms with E-state index in [1.807, 2.05) is 4.90 Å². The Balaban J connectivity index is 0.00000242. The predicted molar refractivity (Wildman–Crippen MR) is 101 cm³/mol. The fourth-order valence-corrected chi connectivity index (χ4v) is 3.45. The Morgan fingerprint density at radius 2 is 1.74 bits per heavy atom. The lowest BCUT2D eigenvalue weighted by Crippen LogP contribution is -2.59. The summed E-state index contributed by atoms with van der Waals surface area (Å²) in [7, 11) is 0. The average molecular weight is 369 g/mol. The van der Waals surface area contributed by atoms with E-state index in [4.69, 9.17) is 5.73 Å². The molecule has 2 aliphatic heterocycles. The van der Waals surface area contributed by atoms with Crippen LogP contribution in [0.2, 0.25) is 0 Å². The maximum absolute atomic E-state index is 12.7.